The van der Waals surface area contributed by atoms with Crippen molar-refractivity contribution in [1.29, 1.82) is 0 Å². The summed E-state index contributed by atoms with van der Waals surface area (Å²) in [6.07, 6.45) is 9.61. The number of rotatable bonds is 6. The van der Waals surface area contributed by atoms with E-state index in [1.165, 1.54) is 12.8 Å². The van der Waals surface area contributed by atoms with Crippen LogP contribution in [0.25, 0.3) is 0 Å². The Morgan fingerprint density at radius 3 is 3.00 bits per heavy atom. The molecule has 0 atom stereocenters. The van der Waals surface area contributed by atoms with Crippen molar-refractivity contribution in [2.75, 3.05) is 18.0 Å². The van der Waals surface area contributed by atoms with E-state index in [1.807, 2.05) is 6.07 Å². The maximum atomic E-state index is 6.16. The molecule has 0 unspecified atom stereocenters. The molecular formula is C14H18ClN3. The van der Waals surface area contributed by atoms with Crippen molar-refractivity contribution in [3.63, 3.8) is 0 Å². The molecule has 1 aliphatic rings. The predicted molar refractivity (Wildman–Crippen MR) is 75.8 cm³/mol. The maximum Gasteiger partial charge on any atom is 0.129 e. The van der Waals surface area contributed by atoms with Crippen molar-refractivity contribution in [2.45, 2.75) is 32.4 Å². The summed E-state index contributed by atoms with van der Waals surface area (Å²) in [6.45, 7) is 4.28. The van der Waals surface area contributed by atoms with Crippen molar-refractivity contribution >= 4 is 17.4 Å². The molecule has 1 aromatic heterocycles. The number of anilines is 1. The van der Waals surface area contributed by atoms with E-state index in [0.717, 1.165) is 24.5 Å². The van der Waals surface area contributed by atoms with E-state index in [0.29, 0.717) is 17.6 Å². The Kier molecular flexibility index (Phi) is 4.46. The standard InChI is InChI=1S/C14H18ClN3/c1-3-7-18(4-2)14-8-11(13(15)10-17-14)9-16-12-5-6-12/h1,8,10,12,16H,4-7,9H2,2H3. The average Bonchev–Trinajstić information content (AvgIpc) is 3.19. The number of hydrogen-bond donors (Lipinski definition) is 1. The molecule has 0 amide bonds. The zero-order chi connectivity index (χ0) is 13.0. The molecule has 0 spiro atoms. The molecule has 1 aromatic rings. The SMILES string of the molecule is C#CCN(CC)c1cc(CNC2CC2)c(Cl)cn1. The van der Waals surface area contributed by atoms with Crippen molar-refractivity contribution in [3.8, 4) is 12.3 Å². The third kappa shape index (κ3) is 3.38. The van der Waals surface area contributed by atoms with Crippen LogP contribution >= 0.6 is 11.6 Å². The van der Waals surface area contributed by atoms with E-state index in [4.69, 9.17) is 18.0 Å². The van der Waals surface area contributed by atoms with Gasteiger partial charge in [0.05, 0.1) is 11.6 Å². The van der Waals surface area contributed by atoms with Crippen molar-refractivity contribution in [3.05, 3.63) is 22.8 Å². The lowest BCUT2D eigenvalue weighted by Crippen LogP contribution is -2.24. The van der Waals surface area contributed by atoms with Gasteiger partial charge in [-0.1, -0.05) is 17.5 Å². The molecule has 0 bridgehead atoms. The van der Waals surface area contributed by atoms with E-state index < -0.39 is 0 Å². The first-order valence-electron chi connectivity index (χ1n) is 6.30. The summed E-state index contributed by atoms with van der Waals surface area (Å²) in [5.74, 6) is 3.54. The number of pyridine rings is 1. The molecule has 3 nitrogen and oxygen atoms in total. The van der Waals surface area contributed by atoms with Gasteiger partial charge in [-0.05, 0) is 31.4 Å². The lowest BCUT2D eigenvalue weighted by molar-refractivity contribution is 0.686. The lowest BCUT2D eigenvalue weighted by Gasteiger charge is -2.20. The number of nitrogens with zero attached hydrogens (tertiary/aromatic N) is 2. The maximum absolute atomic E-state index is 6.16. The fourth-order valence-electron chi connectivity index (χ4n) is 1.78. The summed E-state index contributed by atoms with van der Waals surface area (Å²) < 4.78 is 0. The van der Waals surface area contributed by atoms with E-state index in [-0.39, 0.29) is 0 Å². The molecule has 4 heteroatoms. The third-order valence-electron chi connectivity index (χ3n) is 3.07. The normalized spacial score (nSPS) is 14.3. The lowest BCUT2D eigenvalue weighted by atomic mass is 10.2. The van der Waals surface area contributed by atoms with E-state index in [9.17, 15) is 0 Å². The molecule has 1 heterocycles. The number of halogens is 1. The zero-order valence-corrected chi connectivity index (χ0v) is 11.4. The van der Waals surface area contributed by atoms with Gasteiger partial charge in [0.15, 0.2) is 0 Å². The van der Waals surface area contributed by atoms with E-state index in [1.54, 1.807) is 6.20 Å². The van der Waals surface area contributed by atoms with Crippen LogP contribution in [0.15, 0.2) is 12.3 Å². The van der Waals surface area contributed by atoms with Crippen LogP contribution in [-0.2, 0) is 6.54 Å². The van der Waals surface area contributed by atoms with Crippen molar-refractivity contribution in [1.82, 2.24) is 10.3 Å². The van der Waals surface area contributed by atoms with Gasteiger partial charge in [-0.25, -0.2) is 4.98 Å². The second-order valence-electron chi connectivity index (χ2n) is 4.51. The largest absolute Gasteiger partial charge is 0.346 e. The van der Waals surface area contributed by atoms with Gasteiger partial charge in [-0.15, -0.1) is 6.42 Å². The molecule has 0 aromatic carbocycles. The molecular weight excluding hydrogens is 246 g/mol. The van der Waals surface area contributed by atoms with Gasteiger partial charge in [0.25, 0.3) is 0 Å². The second-order valence-corrected chi connectivity index (χ2v) is 4.91. The molecule has 2 rings (SSSR count). The highest BCUT2D eigenvalue weighted by molar-refractivity contribution is 6.31. The Morgan fingerprint density at radius 2 is 2.39 bits per heavy atom. The van der Waals surface area contributed by atoms with Crippen LogP contribution in [0.2, 0.25) is 5.02 Å². The smallest absolute Gasteiger partial charge is 0.129 e. The quantitative estimate of drug-likeness (QED) is 0.799. The molecule has 1 N–H and O–H groups in total. The van der Waals surface area contributed by atoms with E-state index in [2.05, 4.69) is 28.0 Å². The number of hydrogen-bond acceptors (Lipinski definition) is 3. The minimum Gasteiger partial charge on any atom is -0.346 e. The first kappa shape index (κ1) is 13.2. The summed E-state index contributed by atoms with van der Waals surface area (Å²) in [6, 6.07) is 2.70. The summed E-state index contributed by atoms with van der Waals surface area (Å²) in [5.41, 5.74) is 1.09. The van der Waals surface area contributed by atoms with Gasteiger partial charge in [-0.3, -0.25) is 0 Å². The Hall–Kier alpha value is -1.24. The monoisotopic (exact) mass is 263 g/mol. The highest BCUT2D eigenvalue weighted by Crippen LogP contribution is 2.23. The average molecular weight is 264 g/mol. The predicted octanol–water partition coefficient (Wildman–Crippen LogP) is 2.45. The van der Waals surface area contributed by atoms with Crippen molar-refractivity contribution in [2.24, 2.45) is 0 Å². The van der Waals surface area contributed by atoms with Crippen LogP contribution in [0.4, 0.5) is 5.82 Å². The van der Waals surface area contributed by atoms with Crippen LogP contribution in [0.5, 0.6) is 0 Å². The molecule has 1 fully saturated rings. The highest BCUT2D eigenvalue weighted by Gasteiger charge is 2.20. The molecule has 0 aliphatic heterocycles. The fourth-order valence-corrected chi connectivity index (χ4v) is 1.95. The van der Waals surface area contributed by atoms with Crippen molar-refractivity contribution < 1.29 is 0 Å². The Labute approximate surface area is 114 Å². The van der Waals surface area contributed by atoms with Gasteiger partial charge >= 0.3 is 0 Å². The Bertz CT molecular complexity index is 449. The molecule has 0 radical (unpaired) electrons. The molecule has 96 valence electrons. The minimum atomic E-state index is 0.570. The summed E-state index contributed by atoms with van der Waals surface area (Å²) in [7, 11) is 0. The number of terminal acetylenes is 1. The van der Waals surface area contributed by atoms with Gasteiger partial charge in [0.1, 0.15) is 5.82 Å². The topological polar surface area (TPSA) is 28.2 Å². The summed E-state index contributed by atoms with van der Waals surface area (Å²) in [4.78, 5) is 6.39. The third-order valence-corrected chi connectivity index (χ3v) is 3.41. The van der Waals surface area contributed by atoms with Crippen LogP contribution in [0.3, 0.4) is 0 Å². The van der Waals surface area contributed by atoms with Gasteiger partial charge in [0, 0.05) is 25.3 Å². The Morgan fingerprint density at radius 1 is 1.61 bits per heavy atom. The van der Waals surface area contributed by atoms with Crippen LogP contribution < -0.4 is 10.2 Å². The fraction of sp³-hybridized carbons (Fsp3) is 0.500. The highest BCUT2D eigenvalue weighted by atomic mass is 35.5. The molecule has 0 saturated heterocycles. The molecule has 1 saturated carbocycles. The first-order valence-corrected chi connectivity index (χ1v) is 6.68. The van der Waals surface area contributed by atoms with Crippen LogP contribution in [0.1, 0.15) is 25.3 Å². The number of nitrogens with one attached hydrogen (secondary N) is 1. The van der Waals surface area contributed by atoms with Crippen LogP contribution in [-0.4, -0.2) is 24.1 Å². The van der Waals surface area contributed by atoms with Crippen LogP contribution in [0, 0.1) is 12.3 Å². The Balaban J connectivity index is 2.10. The number of aromatic nitrogens is 1. The summed E-state index contributed by atoms with van der Waals surface area (Å²) in [5, 5.41) is 4.17. The van der Waals surface area contributed by atoms with Gasteiger partial charge < -0.3 is 10.2 Å². The summed E-state index contributed by atoms with van der Waals surface area (Å²) >= 11 is 6.16. The second kappa shape index (κ2) is 6.08. The van der Waals surface area contributed by atoms with Gasteiger partial charge in [-0.2, -0.15) is 0 Å². The first-order chi connectivity index (χ1) is 8.74. The molecule has 1 aliphatic carbocycles. The van der Waals surface area contributed by atoms with E-state index >= 15 is 0 Å². The van der Waals surface area contributed by atoms with Gasteiger partial charge in [0.2, 0.25) is 0 Å². The zero-order valence-electron chi connectivity index (χ0n) is 10.6. The molecule has 18 heavy (non-hydrogen) atoms. The minimum absolute atomic E-state index is 0.570.